The lowest BCUT2D eigenvalue weighted by atomic mass is 10.3. The lowest BCUT2D eigenvalue weighted by Crippen LogP contribution is -2.19. The third-order valence-electron chi connectivity index (χ3n) is 3.52. The van der Waals surface area contributed by atoms with Crippen LogP contribution in [-0.4, -0.2) is 23.3 Å². The predicted molar refractivity (Wildman–Crippen MR) is 104 cm³/mol. The Balaban J connectivity index is 1.61. The Morgan fingerprint density at radius 2 is 1.78 bits per heavy atom. The summed E-state index contributed by atoms with van der Waals surface area (Å²) in [5.41, 5.74) is 1.88. The van der Waals surface area contributed by atoms with Gasteiger partial charge in [-0.25, -0.2) is 4.79 Å². The van der Waals surface area contributed by atoms with Gasteiger partial charge in [0, 0.05) is 16.8 Å². The summed E-state index contributed by atoms with van der Waals surface area (Å²) in [5.74, 6) is 1.49. The quantitative estimate of drug-likeness (QED) is 0.654. The maximum atomic E-state index is 12.2. The molecule has 0 atom stereocenters. The number of aryl methyl sites for hydroxylation is 1. The normalized spacial score (nSPS) is 10.2. The standard InChI is InChI=1S/C19H17ClN4O3/c1-12-3-10-18(24-23-12)27-15-7-5-14(6-8-15)21-19(25)22-16-11-13(20)4-9-17(16)26-2/h3-11H,1-2H3,(H2,21,22,25). The molecule has 27 heavy (non-hydrogen) atoms. The molecule has 0 radical (unpaired) electrons. The van der Waals surface area contributed by atoms with Crippen molar-refractivity contribution in [2.75, 3.05) is 17.7 Å². The van der Waals surface area contributed by atoms with Gasteiger partial charge in [-0.1, -0.05) is 11.6 Å². The number of amides is 2. The van der Waals surface area contributed by atoms with Crippen LogP contribution < -0.4 is 20.1 Å². The Kier molecular flexibility index (Phi) is 5.73. The molecule has 1 heterocycles. The molecule has 0 unspecified atom stereocenters. The van der Waals surface area contributed by atoms with E-state index in [1.54, 1.807) is 48.5 Å². The van der Waals surface area contributed by atoms with E-state index < -0.39 is 6.03 Å². The van der Waals surface area contributed by atoms with E-state index in [2.05, 4.69) is 20.8 Å². The first-order valence-corrected chi connectivity index (χ1v) is 8.41. The molecule has 8 heteroatoms. The van der Waals surface area contributed by atoms with Crippen LogP contribution in [-0.2, 0) is 0 Å². The molecule has 2 amide bonds. The van der Waals surface area contributed by atoms with E-state index in [-0.39, 0.29) is 0 Å². The number of rotatable bonds is 5. The van der Waals surface area contributed by atoms with Gasteiger partial charge in [0.05, 0.1) is 18.5 Å². The lowest BCUT2D eigenvalue weighted by Gasteiger charge is -2.12. The van der Waals surface area contributed by atoms with Crippen LogP contribution in [0.15, 0.2) is 54.6 Å². The van der Waals surface area contributed by atoms with Gasteiger partial charge in [-0.3, -0.25) is 0 Å². The topological polar surface area (TPSA) is 85.4 Å². The van der Waals surface area contributed by atoms with Crippen molar-refractivity contribution in [3.8, 4) is 17.4 Å². The highest BCUT2D eigenvalue weighted by atomic mass is 35.5. The van der Waals surface area contributed by atoms with Gasteiger partial charge < -0.3 is 20.1 Å². The van der Waals surface area contributed by atoms with Crippen LogP contribution in [0, 0.1) is 6.92 Å². The second-order valence-corrected chi connectivity index (χ2v) is 6.00. The zero-order chi connectivity index (χ0) is 19.2. The third-order valence-corrected chi connectivity index (χ3v) is 3.75. The number of nitrogens with zero attached hydrogens (tertiary/aromatic N) is 2. The van der Waals surface area contributed by atoms with Crippen LogP contribution in [0.2, 0.25) is 5.02 Å². The molecule has 0 bridgehead atoms. The average Bonchev–Trinajstić information content (AvgIpc) is 2.65. The Labute approximate surface area is 161 Å². The molecular formula is C19H17ClN4O3. The van der Waals surface area contributed by atoms with Gasteiger partial charge in [-0.2, -0.15) is 5.10 Å². The molecule has 0 aliphatic heterocycles. The van der Waals surface area contributed by atoms with Crippen molar-refractivity contribution in [2.45, 2.75) is 6.92 Å². The molecule has 0 fully saturated rings. The number of ether oxygens (including phenoxy) is 2. The highest BCUT2D eigenvalue weighted by molar-refractivity contribution is 6.31. The minimum Gasteiger partial charge on any atom is -0.495 e. The molecule has 3 rings (SSSR count). The second kappa shape index (κ2) is 8.37. The van der Waals surface area contributed by atoms with Gasteiger partial charge in [0.1, 0.15) is 11.5 Å². The van der Waals surface area contributed by atoms with Gasteiger partial charge in [0.15, 0.2) is 0 Å². The number of nitrogens with one attached hydrogen (secondary N) is 2. The largest absolute Gasteiger partial charge is 0.495 e. The minimum absolute atomic E-state index is 0.395. The Morgan fingerprint density at radius 3 is 2.44 bits per heavy atom. The summed E-state index contributed by atoms with van der Waals surface area (Å²) in [4.78, 5) is 12.2. The van der Waals surface area contributed by atoms with Gasteiger partial charge in [-0.05, 0) is 55.5 Å². The van der Waals surface area contributed by atoms with Crippen molar-refractivity contribution >= 4 is 29.0 Å². The van der Waals surface area contributed by atoms with Crippen molar-refractivity contribution < 1.29 is 14.3 Å². The predicted octanol–water partition coefficient (Wildman–Crippen LogP) is 4.88. The number of halogens is 1. The molecule has 0 aliphatic rings. The molecule has 2 aromatic carbocycles. The lowest BCUT2D eigenvalue weighted by molar-refractivity contribution is 0.262. The van der Waals surface area contributed by atoms with E-state index in [9.17, 15) is 4.79 Å². The fourth-order valence-corrected chi connectivity index (χ4v) is 2.40. The van der Waals surface area contributed by atoms with E-state index in [1.165, 1.54) is 7.11 Å². The van der Waals surface area contributed by atoms with Crippen molar-refractivity contribution in [1.29, 1.82) is 0 Å². The number of urea groups is 1. The van der Waals surface area contributed by atoms with E-state index in [4.69, 9.17) is 21.1 Å². The van der Waals surface area contributed by atoms with Crippen LogP contribution in [0.3, 0.4) is 0 Å². The third kappa shape index (κ3) is 5.08. The monoisotopic (exact) mass is 384 g/mol. The Bertz CT molecular complexity index is 931. The zero-order valence-corrected chi connectivity index (χ0v) is 15.4. The fourth-order valence-electron chi connectivity index (χ4n) is 2.23. The van der Waals surface area contributed by atoms with Crippen LogP contribution in [0.5, 0.6) is 17.4 Å². The molecule has 0 saturated heterocycles. The first kappa shape index (κ1) is 18.5. The molecule has 138 valence electrons. The Hall–Kier alpha value is -3.32. The molecule has 3 aromatic rings. The summed E-state index contributed by atoms with van der Waals surface area (Å²) >= 11 is 5.96. The van der Waals surface area contributed by atoms with Crippen molar-refractivity contribution in [3.63, 3.8) is 0 Å². The average molecular weight is 385 g/mol. The van der Waals surface area contributed by atoms with Gasteiger partial charge in [0.25, 0.3) is 0 Å². The first-order chi connectivity index (χ1) is 13.0. The van der Waals surface area contributed by atoms with Gasteiger partial charge in [-0.15, -0.1) is 5.10 Å². The maximum Gasteiger partial charge on any atom is 0.323 e. The zero-order valence-electron chi connectivity index (χ0n) is 14.7. The number of hydrogen-bond donors (Lipinski definition) is 2. The van der Waals surface area contributed by atoms with Crippen LogP contribution >= 0.6 is 11.6 Å². The summed E-state index contributed by atoms with van der Waals surface area (Å²) in [6.45, 7) is 1.85. The number of aromatic nitrogens is 2. The van der Waals surface area contributed by atoms with E-state index in [0.717, 1.165) is 5.69 Å². The molecule has 7 nitrogen and oxygen atoms in total. The van der Waals surface area contributed by atoms with Crippen LogP contribution in [0.1, 0.15) is 5.69 Å². The summed E-state index contributed by atoms with van der Waals surface area (Å²) in [7, 11) is 1.52. The number of methoxy groups -OCH3 is 1. The van der Waals surface area contributed by atoms with Crippen molar-refractivity contribution in [3.05, 3.63) is 65.3 Å². The van der Waals surface area contributed by atoms with Crippen molar-refractivity contribution in [2.24, 2.45) is 0 Å². The highest BCUT2D eigenvalue weighted by Gasteiger charge is 2.09. The van der Waals surface area contributed by atoms with E-state index in [1.807, 2.05) is 13.0 Å². The van der Waals surface area contributed by atoms with Gasteiger partial charge in [0.2, 0.25) is 5.88 Å². The maximum absolute atomic E-state index is 12.2. The first-order valence-electron chi connectivity index (χ1n) is 8.03. The molecule has 0 aliphatic carbocycles. The molecule has 1 aromatic heterocycles. The Morgan fingerprint density at radius 1 is 1.00 bits per heavy atom. The van der Waals surface area contributed by atoms with E-state index >= 15 is 0 Å². The molecule has 0 spiro atoms. The van der Waals surface area contributed by atoms with Gasteiger partial charge >= 0.3 is 6.03 Å². The molecule has 0 saturated carbocycles. The second-order valence-electron chi connectivity index (χ2n) is 5.56. The fraction of sp³-hybridized carbons (Fsp3) is 0.105. The summed E-state index contributed by atoms with van der Waals surface area (Å²) < 4.78 is 10.8. The minimum atomic E-state index is -0.423. The summed E-state index contributed by atoms with van der Waals surface area (Å²) in [6, 6.07) is 15.0. The SMILES string of the molecule is COc1ccc(Cl)cc1NC(=O)Nc1ccc(Oc2ccc(C)nn2)cc1. The van der Waals surface area contributed by atoms with E-state index in [0.29, 0.717) is 33.8 Å². The van der Waals surface area contributed by atoms with Crippen LogP contribution in [0.4, 0.5) is 16.2 Å². The number of carbonyl (C=O) groups is 1. The number of anilines is 2. The molecular weight excluding hydrogens is 368 g/mol. The number of carbonyl (C=O) groups excluding carboxylic acids is 1. The summed E-state index contributed by atoms with van der Waals surface area (Å²) in [5, 5.41) is 13.8. The number of benzene rings is 2. The smallest absolute Gasteiger partial charge is 0.323 e. The highest BCUT2D eigenvalue weighted by Crippen LogP contribution is 2.28. The number of hydrogen-bond acceptors (Lipinski definition) is 5. The molecule has 2 N–H and O–H groups in total. The van der Waals surface area contributed by atoms with Crippen molar-refractivity contribution in [1.82, 2.24) is 10.2 Å². The summed E-state index contributed by atoms with van der Waals surface area (Å²) in [6.07, 6.45) is 0. The van der Waals surface area contributed by atoms with Crippen LogP contribution in [0.25, 0.3) is 0 Å².